The minimum atomic E-state index is -0.0196. The zero-order chi connectivity index (χ0) is 12.3. The smallest absolute Gasteiger partial charge is 0.0933 e. The number of hydrogen-bond donors (Lipinski definition) is 1. The molecule has 1 fully saturated rings. The molecule has 1 aromatic rings. The molecule has 94 valence electrons. The van der Waals surface area contributed by atoms with Crippen molar-refractivity contribution in [2.24, 2.45) is 0 Å². The minimum absolute atomic E-state index is 0.0196. The van der Waals surface area contributed by atoms with E-state index in [-0.39, 0.29) is 12.7 Å². The molecule has 1 heterocycles. The first-order valence-electron chi connectivity index (χ1n) is 6.20. The first kappa shape index (κ1) is 12.6. The number of aliphatic hydroxyl groups excluding tert-OH is 1. The number of nitrogens with zero attached hydrogens (tertiary/aromatic N) is 1. The van der Waals surface area contributed by atoms with Gasteiger partial charge in [-0.1, -0.05) is 23.8 Å². The van der Waals surface area contributed by atoms with Crippen molar-refractivity contribution in [3.8, 4) is 0 Å². The van der Waals surface area contributed by atoms with E-state index >= 15 is 0 Å². The summed E-state index contributed by atoms with van der Waals surface area (Å²) in [6.45, 7) is 7.83. The Hall–Kier alpha value is -0.900. The van der Waals surface area contributed by atoms with Gasteiger partial charge in [0.1, 0.15) is 0 Å². The summed E-state index contributed by atoms with van der Waals surface area (Å²) in [5.41, 5.74) is 4.02. The van der Waals surface area contributed by atoms with Crippen molar-refractivity contribution >= 4 is 0 Å². The van der Waals surface area contributed by atoms with Gasteiger partial charge in [0.05, 0.1) is 19.3 Å². The molecule has 0 saturated carbocycles. The van der Waals surface area contributed by atoms with E-state index in [0.717, 1.165) is 26.2 Å². The molecule has 1 atom stereocenters. The summed E-state index contributed by atoms with van der Waals surface area (Å²) in [7, 11) is 0. The maximum absolute atomic E-state index is 9.12. The van der Waals surface area contributed by atoms with Crippen molar-refractivity contribution < 1.29 is 9.84 Å². The van der Waals surface area contributed by atoms with Gasteiger partial charge in [-0.15, -0.1) is 0 Å². The summed E-state index contributed by atoms with van der Waals surface area (Å²) in [4.78, 5) is 2.35. The van der Waals surface area contributed by atoms with Crippen molar-refractivity contribution in [1.82, 2.24) is 4.90 Å². The van der Waals surface area contributed by atoms with Crippen LogP contribution in [0.3, 0.4) is 0 Å². The average Bonchev–Trinajstić information content (AvgIpc) is 2.34. The molecule has 0 aliphatic carbocycles. The molecular weight excluding hydrogens is 214 g/mol. The van der Waals surface area contributed by atoms with Crippen LogP contribution in [0.5, 0.6) is 0 Å². The Morgan fingerprint density at radius 1 is 1.41 bits per heavy atom. The monoisotopic (exact) mass is 235 g/mol. The third-order valence-electron chi connectivity index (χ3n) is 3.33. The van der Waals surface area contributed by atoms with Crippen LogP contribution in [0, 0.1) is 13.8 Å². The Balaban J connectivity index is 2.02. The van der Waals surface area contributed by atoms with E-state index in [4.69, 9.17) is 9.84 Å². The van der Waals surface area contributed by atoms with Crippen LogP contribution in [0.15, 0.2) is 18.2 Å². The van der Waals surface area contributed by atoms with Crippen molar-refractivity contribution in [2.75, 3.05) is 26.3 Å². The molecule has 1 aliphatic heterocycles. The normalized spacial score (nSPS) is 21.7. The second-order valence-electron chi connectivity index (χ2n) is 4.84. The molecule has 3 nitrogen and oxygen atoms in total. The largest absolute Gasteiger partial charge is 0.394 e. The van der Waals surface area contributed by atoms with Gasteiger partial charge in [-0.3, -0.25) is 4.90 Å². The molecule has 1 saturated heterocycles. The van der Waals surface area contributed by atoms with E-state index in [2.05, 4.69) is 36.9 Å². The number of ether oxygens (including phenoxy) is 1. The molecule has 0 bridgehead atoms. The molecule has 1 aliphatic rings. The lowest BCUT2D eigenvalue weighted by molar-refractivity contribution is -0.0551. The first-order valence-corrected chi connectivity index (χ1v) is 6.20. The van der Waals surface area contributed by atoms with E-state index in [0.29, 0.717) is 0 Å². The number of aliphatic hydroxyl groups is 1. The number of hydrogen-bond acceptors (Lipinski definition) is 3. The van der Waals surface area contributed by atoms with Gasteiger partial charge < -0.3 is 9.84 Å². The van der Waals surface area contributed by atoms with Crippen molar-refractivity contribution in [3.05, 3.63) is 34.9 Å². The van der Waals surface area contributed by atoms with Crippen LogP contribution in [0.2, 0.25) is 0 Å². The van der Waals surface area contributed by atoms with E-state index in [9.17, 15) is 0 Å². The summed E-state index contributed by atoms with van der Waals surface area (Å²) in [6, 6.07) is 6.57. The van der Waals surface area contributed by atoms with Crippen molar-refractivity contribution in [3.63, 3.8) is 0 Å². The van der Waals surface area contributed by atoms with Gasteiger partial charge in [0, 0.05) is 19.6 Å². The molecule has 0 spiro atoms. The topological polar surface area (TPSA) is 32.7 Å². The Bertz CT molecular complexity index is 378. The number of aryl methyl sites for hydroxylation is 2. The van der Waals surface area contributed by atoms with Crippen molar-refractivity contribution in [1.29, 1.82) is 0 Å². The Morgan fingerprint density at radius 2 is 2.24 bits per heavy atom. The standard InChI is InChI=1S/C14H21NO2/c1-11-3-4-12(2)13(7-11)8-15-5-6-17-14(9-15)10-16/h3-4,7,14,16H,5-6,8-10H2,1-2H3. The molecule has 0 amide bonds. The average molecular weight is 235 g/mol. The lowest BCUT2D eigenvalue weighted by Gasteiger charge is -2.32. The molecule has 3 heteroatoms. The van der Waals surface area contributed by atoms with Gasteiger partial charge in [-0.25, -0.2) is 0 Å². The van der Waals surface area contributed by atoms with E-state index in [1.54, 1.807) is 0 Å². The van der Waals surface area contributed by atoms with Gasteiger partial charge in [0.2, 0.25) is 0 Å². The highest BCUT2D eigenvalue weighted by molar-refractivity contribution is 5.30. The van der Waals surface area contributed by atoms with Crippen LogP contribution in [0.25, 0.3) is 0 Å². The molecule has 1 unspecified atom stereocenters. The highest BCUT2D eigenvalue weighted by atomic mass is 16.5. The maximum Gasteiger partial charge on any atom is 0.0933 e. The van der Waals surface area contributed by atoms with Gasteiger partial charge in [-0.2, -0.15) is 0 Å². The number of rotatable bonds is 3. The summed E-state index contributed by atoms with van der Waals surface area (Å²) < 4.78 is 5.46. The van der Waals surface area contributed by atoms with Crippen LogP contribution < -0.4 is 0 Å². The fraction of sp³-hybridized carbons (Fsp3) is 0.571. The highest BCUT2D eigenvalue weighted by Crippen LogP contribution is 2.15. The van der Waals surface area contributed by atoms with E-state index in [1.807, 2.05) is 0 Å². The number of morpholine rings is 1. The summed E-state index contributed by atoms with van der Waals surface area (Å²) in [5.74, 6) is 0. The third-order valence-corrected chi connectivity index (χ3v) is 3.33. The molecule has 1 aromatic carbocycles. The highest BCUT2D eigenvalue weighted by Gasteiger charge is 2.19. The quantitative estimate of drug-likeness (QED) is 0.861. The van der Waals surface area contributed by atoms with Crippen LogP contribution in [0.1, 0.15) is 16.7 Å². The molecule has 0 aromatic heterocycles. The molecular formula is C14H21NO2. The van der Waals surface area contributed by atoms with Crippen LogP contribution in [-0.2, 0) is 11.3 Å². The molecule has 17 heavy (non-hydrogen) atoms. The zero-order valence-corrected chi connectivity index (χ0v) is 10.6. The summed E-state index contributed by atoms with van der Waals surface area (Å²) in [5, 5.41) is 9.12. The van der Waals surface area contributed by atoms with E-state index < -0.39 is 0 Å². The van der Waals surface area contributed by atoms with Gasteiger partial charge in [-0.05, 0) is 25.0 Å². The summed E-state index contributed by atoms with van der Waals surface area (Å²) in [6.07, 6.45) is -0.0196. The Morgan fingerprint density at radius 3 is 3.00 bits per heavy atom. The molecule has 0 radical (unpaired) electrons. The fourth-order valence-corrected chi connectivity index (χ4v) is 2.25. The lowest BCUT2D eigenvalue weighted by atomic mass is 10.0. The predicted molar refractivity (Wildman–Crippen MR) is 68.0 cm³/mol. The van der Waals surface area contributed by atoms with Gasteiger partial charge in [0.15, 0.2) is 0 Å². The number of benzene rings is 1. The third kappa shape index (κ3) is 3.28. The van der Waals surface area contributed by atoms with Crippen molar-refractivity contribution in [2.45, 2.75) is 26.5 Å². The fourth-order valence-electron chi connectivity index (χ4n) is 2.25. The summed E-state index contributed by atoms with van der Waals surface area (Å²) >= 11 is 0. The second-order valence-corrected chi connectivity index (χ2v) is 4.84. The zero-order valence-electron chi connectivity index (χ0n) is 10.6. The van der Waals surface area contributed by atoms with Crippen LogP contribution in [-0.4, -0.2) is 42.4 Å². The Labute approximate surface area is 103 Å². The Kier molecular flexibility index (Phi) is 4.15. The van der Waals surface area contributed by atoms with Gasteiger partial charge >= 0.3 is 0 Å². The predicted octanol–water partition coefficient (Wildman–Crippen LogP) is 1.50. The van der Waals surface area contributed by atoms with E-state index in [1.165, 1.54) is 16.7 Å². The second kappa shape index (κ2) is 5.63. The lowest BCUT2D eigenvalue weighted by Crippen LogP contribution is -2.43. The first-order chi connectivity index (χ1) is 8.19. The van der Waals surface area contributed by atoms with Crippen LogP contribution in [0.4, 0.5) is 0 Å². The molecule has 2 rings (SSSR count). The van der Waals surface area contributed by atoms with Crippen LogP contribution >= 0.6 is 0 Å². The minimum Gasteiger partial charge on any atom is -0.394 e. The van der Waals surface area contributed by atoms with Gasteiger partial charge in [0.25, 0.3) is 0 Å². The molecule has 1 N–H and O–H groups in total. The SMILES string of the molecule is Cc1ccc(C)c(CN2CCOC(CO)C2)c1. The maximum atomic E-state index is 9.12.